The van der Waals surface area contributed by atoms with E-state index in [1.165, 1.54) is 11.3 Å². The van der Waals surface area contributed by atoms with Crippen molar-refractivity contribution in [1.29, 1.82) is 0 Å². The molecule has 0 N–H and O–H groups in total. The maximum absolute atomic E-state index is 6.12. The SMILES string of the molecule is CC(C)c1c(Sc2cccc(Cl)c2)nc(COCc2ccccc2)n1C. The van der Waals surface area contributed by atoms with Crippen molar-refractivity contribution < 1.29 is 4.74 Å². The van der Waals surface area contributed by atoms with Crippen LogP contribution >= 0.6 is 23.4 Å². The number of aromatic nitrogens is 2. The number of hydrogen-bond donors (Lipinski definition) is 0. The van der Waals surface area contributed by atoms with E-state index in [2.05, 4.69) is 43.7 Å². The molecule has 0 saturated heterocycles. The van der Waals surface area contributed by atoms with Gasteiger partial charge in [0, 0.05) is 17.0 Å². The molecule has 0 aliphatic rings. The van der Waals surface area contributed by atoms with Crippen molar-refractivity contribution in [2.75, 3.05) is 0 Å². The van der Waals surface area contributed by atoms with Crippen molar-refractivity contribution in [1.82, 2.24) is 9.55 Å². The summed E-state index contributed by atoms with van der Waals surface area (Å²) in [6, 6.07) is 18.1. The molecule has 3 nitrogen and oxygen atoms in total. The molecule has 0 atom stereocenters. The van der Waals surface area contributed by atoms with E-state index in [1.807, 2.05) is 36.4 Å². The average molecular weight is 387 g/mol. The van der Waals surface area contributed by atoms with Gasteiger partial charge in [-0.05, 0) is 29.7 Å². The van der Waals surface area contributed by atoms with Crippen LogP contribution in [0, 0.1) is 0 Å². The Morgan fingerprint density at radius 3 is 2.54 bits per heavy atom. The van der Waals surface area contributed by atoms with E-state index in [4.69, 9.17) is 21.3 Å². The molecule has 3 aromatic rings. The van der Waals surface area contributed by atoms with Gasteiger partial charge in [-0.2, -0.15) is 0 Å². The molecular formula is C21H23ClN2OS. The van der Waals surface area contributed by atoms with Crippen molar-refractivity contribution >= 4 is 23.4 Å². The number of nitrogens with zero attached hydrogens (tertiary/aromatic N) is 2. The van der Waals surface area contributed by atoms with E-state index in [0.29, 0.717) is 19.1 Å². The third-order valence-electron chi connectivity index (χ3n) is 4.10. The Morgan fingerprint density at radius 2 is 1.85 bits per heavy atom. The Bertz CT molecular complexity index is 862. The summed E-state index contributed by atoms with van der Waals surface area (Å²) >= 11 is 7.77. The van der Waals surface area contributed by atoms with Gasteiger partial charge in [-0.15, -0.1) is 0 Å². The fourth-order valence-corrected chi connectivity index (χ4v) is 4.29. The molecule has 1 heterocycles. The first-order valence-corrected chi connectivity index (χ1v) is 9.84. The Balaban J connectivity index is 1.76. The second-order valence-electron chi connectivity index (χ2n) is 6.47. The highest BCUT2D eigenvalue weighted by Gasteiger charge is 2.18. The molecule has 26 heavy (non-hydrogen) atoms. The molecule has 0 aliphatic carbocycles. The zero-order valence-electron chi connectivity index (χ0n) is 15.3. The Kier molecular flexibility index (Phi) is 6.41. The average Bonchev–Trinajstić information content (AvgIpc) is 2.91. The van der Waals surface area contributed by atoms with Gasteiger partial charge in [0.15, 0.2) is 0 Å². The van der Waals surface area contributed by atoms with Crippen molar-refractivity contribution in [3.8, 4) is 0 Å². The third kappa shape index (κ3) is 4.70. The normalized spacial score (nSPS) is 11.3. The number of halogens is 1. The fourth-order valence-electron chi connectivity index (χ4n) is 2.85. The van der Waals surface area contributed by atoms with Gasteiger partial charge in [-0.25, -0.2) is 4.98 Å². The van der Waals surface area contributed by atoms with Gasteiger partial charge >= 0.3 is 0 Å². The summed E-state index contributed by atoms with van der Waals surface area (Å²) in [5.74, 6) is 1.31. The number of benzene rings is 2. The largest absolute Gasteiger partial charge is 0.369 e. The van der Waals surface area contributed by atoms with Crippen molar-refractivity contribution in [3.05, 3.63) is 76.7 Å². The fraction of sp³-hybridized carbons (Fsp3) is 0.286. The smallest absolute Gasteiger partial charge is 0.136 e. The zero-order valence-corrected chi connectivity index (χ0v) is 16.8. The topological polar surface area (TPSA) is 27.1 Å². The van der Waals surface area contributed by atoms with Gasteiger partial charge in [0.1, 0.15) is 17.5 Å². The molecule has 5 heteroatoms. The Labute approximate surface area is 164 Å². The van der Waals surface area contributed by atoms with Crippen LogP contribution in [0.1, 0.15) is 36.8 Å². The predicted molar refractivity (Wildman–Crippen MR) is 108 cm³/mol. The third-order valence-corrected chi connectivity index (χ3v) is 5.32. The Hall–Kier alpha value is -1.75. The first-order chi connectivity index (χ1) is 12.5. The van der Waals surface area contributed by atoms with E-state index in [1.54, 1.807) is 11.8 Å². The van der Waals surface area contributed by atoms with Crippen LogP contribution < -0.4 is 0 Å². The summed E-state index contributed by atoms with van der Waals surface area (Å²) in [7, 11) is 2.06. The molecule has 136 valence electrons. The van der Waals surface area contributed by atoms with Gasteiger partial charge < -0.3 is 9.30 Å². The summed E-state index contributed by atoms with van der Waals surface area (Å²) < 4.78 is 8.05. The quantitative estimate of drug-likeness (QED) is 0.493. The summed E-state index contributed by atoms with van der Waals surface area (Å²) in [5, 5.41) is 1.76. The van der Waals surface area contributed by atoms with E-state index in [9.17, 15) is 0 Å². The lowest BCUT2D eigenvalue weighted by molar-refractivity contribution is 0.0997. The molecule has 0 fully saturated rings. The minimum absolute atomic E-state index is 0.372. The van der Waals surface area contributed by atoms with E-state index in [-0.39, 0.29) is 0 Å². The molecule has 0 unspecified atom stereocenters. The molecule has 0 bridgehead atoms. The van der Waals surface area contributed by atoms with E-state index < -0.39 is 0 Å². The maximum atomic E-state index is 6.12. The number of ether oxygens (including phenoxy) is 1. The number of imidazole rings is 1. The lowest BCUT2D eigenvalue weighted by Crippen LogP contribution is -2.05. The van der Waals surface area contributed by atoms with E-state index >= 15 is 0 Å². The molecule has 0 amide bonds. The highest BCUT2D eigenvalue weighted by atomic mass is 35.5. The van der Waals surface area contributed by atoms with Crippen molar-refractivity contribution in [3.63, 3.8) is 0 Å². The van der Waals surface area contributed by atoms with Crippen molar-refractivity contribution in [2.45, 2.75) is 42.9 Å². The minimum Gasteiger partial charge on any atom is -0.369 e. The number of rotatable bonds is 7. The monoisotopic (exact) mass is 386 g/mol. The second kappa shape index (κ2) is 8.76. The minimum atomic E-state index is 0.372. The van der Waals surface area contributed by atoms with Gasteiger partial charge in [0.25, 0.3) is 0 Å². The van der Waals surface area contributed by atoms with Gasteiger partial charge in [0.2, 0.25) is 0 Å². The molecular weight excluding hydrogens is 364 g/mol. The molecule has 0 saturated carbocycles. The van der Waals surface area contributed by atoms with Crippen LogP contribution in [-0.4, -0.2) is 9.55 Å². The lowest BCUT2D eigenvalue weighted by atomic mass is 10.1. The molecule has 1 aromatic heterocycles. The highest BCUT2D eigenvalue weighted by Crippen LogP contribution is 2.34. The van der Waals surface area contributed by atoms with Crippen LogP contribution in [0.15, 0.2) is 64.5 Å². The number of hydrogen-bond acceptors (Lipinski definition) is 3. The van der Waals surface area contributed by atoms with Crippen LogP contribution in [0.2, 0.25) is 5.02 Å². The van der Waals surface area contributed by atoms with Gasteiger partial charge in [0.05, 0.1) is 12.3 Å². The second-order valence-corrected chi connectivity index (χ2v) is 7.97. The van der Waals surface area contributed by atoms with Gasteiger partial charge in [-0.3, -0.25) is 0 Å². The molecule has 3 rings (SSSR count). The first-order valence-electron chi connectivity index (χ1n) is 8.65. The molecule has 0 radical (unpaired) electrons. The molecule has 0 spiro atoms. The lowest BCUT2D eigenvalue weighted by Gasteiger charge is -2.10. The van der Waals surface area contributed by atoms with Crippen molar-refractivity contribution in [2.24, 2.45) is 7.05 Å². The Morgan fingerprint density at radius 1 is 1.08 bits per heavy atom. The van der Waals surface area contributed by atoms with E-state index in [0.717, 1.165) is 20.8 Å². The van der Waals surface area contributed by atoms with Gasteiger partial charge in [-0.1, -0.05) is 73.6 Å². The van der Waals surface area contributed by atoms with Crippen LogP contribution in [0.3, 0.4) is 0 Å². The summed E-state index contributed by atoms with van der Waals surface area (Å²) in [6.07, 6.45) is 0. The van der Waals surface area contributed by atoms with Crippen LogP contribution in [0.5, 0.6) is 0 Å². The zero-order chi connectivity index (χ0) is 18.5. The molecule has 2 aromatic carbocycles. The summed E-state index contributed by atoms with van der Waals surface area (Å²) in [6.45, 7) is 5.45. The van der Waals surface area contributed by atoms with Crippen LogP contribution in [-0.2, 0) is 25.0 Å². The van der Waals surface area contributed by atoms with Crippen LogP contribution in [0.25, 0.3) is 0 Å². The highest BCUT2D eigenvalue weighted by molar-refractivity contribution is 7.99. The maximum Gasteiger partial charge on any atom is 0.136 e. The summed E-state index contributed by atoms with van der Waals surface area (Å²) in [4.78, 5) is 5.94. The predicted octanol–water partition coefficient (Wildman–Crippen LogP) is 6.06. The molecule has 0 aliphatic heterocycles. The summed E-state index contributed by atoms with van der Waals surface area (Å²) in [5.41, 5.74) is 2.38. The first kappa shape index (κ1) is 19.0. The van der Waals surface area contributed by atoms with Crippen LogP contribution in [0.4, 0.5) is 0 Å². The standard InChI is InChI=1S/C21H23ClN2OS/c1-15(2)20-21(26-18-11-7-10-17(22)12-18)23-19(24(20)3)14-25-13-16-8-5-4-6-9-16/h4-12,15H,13-14H2,1-3H3.